The summed E-state index contributed by atoms with van der Waals surface area (Å²) in [6.45, 7) is 0. The Hall–Kier alpha value is -3.29. The number of aromatic carboxylic acids is 1. The topological polar surface area (TPSA) is 74.2 Å². The van der Waals surface area contributed by atoms with Gasteiger partial charge in [0.2, 0.25) is 0 Å². The number of allylic oxidation sites excluding steroid dienone is 1. The average molecular weight is 350 g/mol. The smallest absolute Gasteiger partial charge is 0.335 e. The number of hydrogen-bond donors (Lipinski definition) is 1. The molecule has 0 bridgehead atoms. The van der Waals surface area contributed by atoms with Crippen molar-refractivity contribution >= 4 is 29.2 Å². The van der Waals surface area contributed by atoms with Gasteiger partial charge in [-0.1, -0.05) is 23.7 Å². The van der Waals surface area contributed by atoms with Gasteiger partial charge in [0, 0.05) is 10.6 Å². The van der Waals surface area contributed by atoms with E-state index in [0.29, 0.717) is 27.7 Å². The van der Waals surface area contributed by atoms with Crippen LogP contribution in [-0.2, 0) is 0 Å². The molecule has 0 atom stereocenters. The molecule has 0 saturated carbocycles. The predicted molar refractivity (Wildman–Crippen MR) is 96.0 cm³/mol. The van der Waals surface area contributed by atoms with E-state index in [1.807, 2.05) is 18.2 Å². The zero-order valence-corrected chi connectivity index (χ0v) is 13.7. The van der Waals surface area contributed by atoms with Crippen LogP contribution >= 0.6 is 11.6 Å². The molecule has 4 nitrogen and oxygen atoms in total. The molecule has 1 heterocycles. The lowest BCUT2D eigenvalue weighted by molar-refractivity contribution is 0.0697. The van der Waals surface area contributed by atoms with Crippen molar-refractivity contribution < 1.29 is 14.3 Å². The second kappa shape index (κ2) is 7.08. The summed E-state index contributed by atoms with van der Waals surface area (Å²) in [4.78, 5) is 10.9. The van der Waals surface area contributed by atoms with E-state index in [9.17, 15) is 10.1 Å². The van der Waals surface area contributed by atoms with Crippen LogP contribution in [0.5, 0.6) is 0 Å². The normalized spacial score (nSPS) is 11.1. The van der Waals surface area contributed by atoms with Crippen molar-refractivity contribution in [1.82, 2.24) is 0 Å². The average Bonchev–Trinajstić information content (AvgIpc) is 3.09. The number of carboxylic acid groups (broad SMARTS) is 1. The first-order chi connectivity index (χ1) is 12.1. The van der Waals surface area contributed by atoms with Gasteiger partial charge in [0.05, 0.1) is 17.2 Å². The number of furan rings is 1. The van der Waals surface area contributed by atoms with E-state index in [1.165, 1.54) is 12.1 Å². The van der Waals surface area contributed by atoms with Crippen LogP contribution in [0.25, 0.3) is 23.0 Å². The summed E-state index contributed by atoms with van der Waals surface area (Å²) in [7, 11) is 0. The van der Waals surface area contributed by atoms with Crippen molar-refractivity contribution in [2.45, 2.75) is 0 Å². The van der Waals surface area contributed by atoms with E-state index in [2.05, 4.69) is 6.07 Å². The highest BCUT2D eigenvalue weighted by molar-refractivity contribution is 6.30. The Morgan fingerprint density at radius 1 is 1.00 bits per heavy atom. The quantitative estimate of drug-likeness (QED) is 0.643. The third kappa shape index (κ3) is 3.79. The molecular formula is C20H12ClNO3. The standard InChI is InChI=1S/C20H12ClNO3/c21-17-7-5-14(6-8-17)19-10-9-18(25-19)11-16(12-22)13-1-3-15(4-2-13)20(23)24/h1-11H,(H,23,24)/b16-11-. The Morgan fingerprint density at radius 2 is 1.64 bits per heavy atom. The molecule has 0 aliphatic carbocycles. The van der Waals surface area contributed by atoms with E-state index in [1.54, 1.807) is 36.4 Å². The lowest BCUT2D eigenvalue weighted by atomic mass is 10.0. The summed E-state index contributed by atoms with van der Waals surface area (Å²) >= 11 is 5.88. The number of rotatable bonds is 4. The zero-order chi connectivity index (χ0) is 17.8. The minimum absolute atomic E-state index is 0.170. The van der Waals surface area contributed by atoms with E-state index >= 15 is 0 Å². The van der Waals surface area contributed by atoms with Gasteiger partial charge in [0.25, 0.3) is 0 Å². The summed E-state index contributed by atoms with van der Waals surface area (Å²) in [6, 6.07) is 19.1. The van der Waals surface area contributed by atoms with Gasteiger partial charge in [-0.05, 0) is 60.2 Å². The first kappa shape index (κ1) is 16.6. The van der Waals surface area contributed by atoms with E-state index in [4.69, 9.17) is 21.1 Å². The van der Waals surface area contributed by atoms with Crippen molar-refractivity contribution in [2.24, 2.45) is 0 Å². The Kier molecular flexibility index (Phi) is 4.69. The third-order valence-corrected chi connectivity index (χ3v) is 3.86. The van der Waals surface area contributed by atoms with Crippen molar-refractivity contribution in [3.63, 3.8) is 0 Å². The molecule has 3 aromatic rings. The number of nitrogens with zero attached hydrogens (tertiary/aromatic N) is 1. The minimum atomic E-state index is -1.01. The molecule has 0 spiro atoms. The number of halogens is 1. The number of nitriles is 1. The molecular weight excluding hydrogens is 338 g/mol. The monoisotopic (exact) mass is 349 g/mol. The molecule has 1 N–H and O–H groups in total. The van der Waals surface area contributed by atoms with Gasteiger partial charge in [-0.25, -0.2) is 4.79 Å². The molecule has 0 fully saturated rings. The fourth-order valence-electron chi connectivity index (χ4n) is 2.31. The van der Waals surface area contributed by atoms with Crippen LogP contribution in [0.15, 0.2) is 65.1 Å². The minimum Gasteiger partial charge on any atom is -0.478 e. The van der Waals surface area contributed by atoms with Gasteiger partial charge in [-0.15, -0.1) is 0 Å². The molecule has 0 saturated heterocycles. The molecule has 0 radical (unpaired) electrons. The van der Waals surface area contributed by atoms with Crippen molar-refractivity contribution in [3.05, 3.63) is 82.6 Å². The second-order valence-electron chi connectivity index (χ2n) is 5.26. The van der Waals surface area contributed by atoms with Crippen LogP contribution in [0.3, 0.4) is 0 Å². The maximum absolute atomic E-state index is 10.9. The van der Waals surface area contributed by atoms with Crippen LogP contribution in [0.4, 0.5) is 0 Å². The molecule has 3 rings (SSSR count). The third-order valence-electron chi connectivity index (χ3n) is 3.61. The van der Waals surface area contributed by atoms with Gasteiger partial charge >= 0.3 is 5.97 Å². The summed E-state index contributed by atoms with van der Waals surface area (Å²) in [5.41, 5.74) is 2.06. The maximum atomic E-state index is 10.9. The molecule has 25 heavy (non-hydrogen) atoms. The van der Waals surface area contributed by atoms with Gasteiger partial charge in [-0.3, -0.25) is 0 Å². The highest BCUT2D eigenvalue weighted by atomic mass is 35.5. The predicted octanol–water partition coefficient (Wildman–Crippen LogP) is 5.36. The molecule has 122 valence electrons. The van der Waals surface area contributed by atoms with Gasteiger partial charge in [-0.2, -0.15) is 5.26 Å². The molecule has 2 aromatic carbocycles. The molecule has 5 heteroatoms. The molecule has 0 aliphatic rings. The Labute approximate surface area is 149 Å². The molecule has 0 unspecified atom stereocenters. The Morgan fingerprint density at radius 3 is 2.24 bits per heavy atom. The highest BCUT2D eigenvalue weighted by Crippen LogP contribution is 2.26. The summed E-state index contributed by atoms with van der Waals surface area (Å²) < 4.78 is 5.76. The number of hydrogen-bond acceptors (Lipinski definition) is 3. The van der Waals surface area contributed by atoms with Crippen LogP contribution in [0.2, 0.25) is 5.02 Å². The van der Waals surface area contributed by atoms with Gasteiger partial charge < -0.3 is 9.52 Å². The largest absolute Gasteiger partial charge is 0.478 e. The highest BCUT2D eigenvalue weighted by Gasteiger charge is 2.08. The molecule has 0 aliphatic heterocycles. The summed E-state index contributed by atoms with van der Waals surface area (Å²) in [6.07, 6.45) is 1.62. The van der Waals surface area contributed by atoms with Crippen LogP contribution in [0, 0.1) is 11.3 Å². The van der Waals surface area contributed by atoms with Crippen LogP contribution in [-0.4, -0.2) is 11.1 Å². The van der Waals surface area contributed by atoms with Gasteiger partial charge in [0.15, 0.2) is 0 Å². The fourth-order valence-corrected chi connectivity index (χ4v) is 2.44. The molecule has 1 aromatic heterocycles. The first-order valence-corrected chi connectivity index (χ1v) is 7.76. The van der Waals surface area contributed by atoms with Crippen molar-refractivity contribution in [2.75, 3.05) is 0 Å². The van der Waals surface area contributed by atoms with E-state index in [-0.39, 0.29) is 5.56 Å². The number of benzene rings is 2. The van der Waals surface area contributed by atoms with Crippen LogP contribution in [0.1, 0.15) is 21.7 Å². The maximum Gasteiger partial charge on any atom is 0.335 e. The number of carboxylic acids is 1. The lowest BCUT2D eigenvalue weighted by Gasteiger charge is -2.00. The molecule has 0 amide bonds. The Balaban J connectivity index is 1.89. The van der Waals surface area contributed by atoms with Crippen molar-refractivity contribution in [1.29, 1.82) is 5.26 Å². The fraction of sp³-hybridized carbons (Fsp3) is 0. The first-order valence-electron chi connectivity index (χ1n) is 7.38. The Bertz CT molecular complexity index is 977. The lowest BCUT2D eigenvalue weighted by Crippen LogP contribution is -1.95. The zero-order valence-electron chi connectivity index (χ0n) is 12.9. The van der Waals surface area contributed by atoms with E-state index < -0.39 is 5.97 Å². The van der Waals surface area contributed by atoms with Crippen LogP contribution < -0.4 is 0 Å². The van der Waals surface area contributed by atoms with E-state index in [0.717, 1.165) is 5.56 Å². The van der Waals surface area contributed by atoms with Crippen molar-refractivity contribution in [3.8, 4) is 17.4 Å². The second-order valence-corrected chi connectivity index (χ2v) is 5.70. The summed E-state index contributed by atoms with van der Waals surface area (Å²) in [5.74, 6) is 0.193. The number of carbonyl (C=O) groups is 1. The summed E-state index contributed by atoms with van der Waals surface area (Å²) in [5, 5.41) is 19.0. The SMILES string of the molecule is N#C/C(=C/c1ccc(-c2ccc(Cl)cc2)o1)c1ccc(C(=O)O)cc1. The van der Waals surface area contributed by atoms with Gasteiger partial charge in [0.1, 0.15) is 11.5 Å².